The van der Waals surface area contributed by atoms with Crippen molar-refractivity contribution in [1.82, 2.24) is 5.32 Å². The molecule has 2 aromatic carbocycles. The first-order chi connectivity index (χ1) is 12.2. The normalized spacial score (nSPS) is 12.3. The third kappa shape index (κ3) is 6.81. The van der Waals surface area contributed by atoms with Crippen LogP contribution in [0, 0.1) is 0 Å². The van der Waals surface area contributed by atoms with Gasteiger partial charge < -0.3 is 11.1 Å². The fourth-order valence-corrected chi connectivity index (χ4v) is 3.71. The highest BCUT2D eigenvalue weighted by atomic mass is 35.5. The van der Waals surface area contributed by atoms with Gasteiger partial charge in [0.05, 0.1) is 4.90 Å². The third-order valence-corrected chi connectivity index (χ3v) is 5.93. The van der Waals surface area contributed by atoms with E-state index in [-0.39, 0.29) is 23.8 Å². The van der Waals surface area contributed by atoms with Gasteiger partial charge in [0, 0.05) is 17.6 Å². The molecule has 1 atom stereocenters. The maximum Gasteiger partial charge on any atom is 0.235 e. The second-order valence-corrected chi connectivity index (χ2v) is 8.87. The van der Waals surface area contributed by atoms with Crippen molar-refractivity contribution in [2.24, 2.45) is 5.73 Å². The number of sulfone groups is 1. The number of nitrogens with two attached hydrogens (primary N) is 1. The summed E-state index contributed by atoms with van der Waals surface area (Å²) in [7, 11) is -3.72. The van der Waals surface area contributed by atoms with Gasteiger partial charge in [-0.3, -0.25) is 4.79 Å². The molecule has 0 aliphatic carbocycles. The Balaban J connectivity index is 0.00000364. The van der Waals surface area contributed by atoms with Crippen LogP contribution in [0.25, 0.3) is 0 Å². The van der Waals surface area contributed by atoms with Crippen molar-refractivity contribution in [3.05, 3.63) is 64.7 Å². The molecule has 0 aliphatic rings. The number of benzene rings is 2. The summed E-state index contributed by atoms with van der Waals surface area (Å²) in [5, 5.41) is 3.02. The van der Waals surface area contributed by atoms with Crippen LogP contribution in [0.5, 0.6) is 0 Å². The van der Waals surface area contributed by atoms with Gasteiger partial charge in [-0.05, 0) is 41.3 Å². The molecular formula is C19H24Cl2N2O3S. The Morgan fingerprint density at radius 1 is 1.04 bits per heavy atom. The van der Waals surface area contributed by atoms with E-state index in [4.69, 9.17) is 17.3 Å². The monoisotopic (exact) mass is 430 g/mol. The summed E-state index contributed by atoms with van der Waals surface area (Å²) in [5.41, 5.74) is 8.17. The van der Waals surface area contributed by atoms with Gasteiger partial charge in [-0.25, -0.2) is 8.42 Å². The zero-order valence-electron chi connectivity index (χ0n) is 15.2. The van der Waals surface area contributed by atoms with Gasteiger partial charge in [-0.15, -0.1) is 12.4 Å². The van der Waals surface area contributed by atoms with E-state index in [1.807, 2.05) is 24.3 Å². The van der Waals surface area contributed by atoms with Crippen molar-refractivity contribution in [3.8, 4) is 0 Å². The number of hydrogen-bond acceptors (Lipinski definition) is 4. The van der Waals surface area contributed by atoms with Crippen LogP contribution in [-0.2, 0) is 14.6 Å². The van der Waals surface area contributed by atoms with Crippen LogP contribution in [0.4, 0.5) is 0 Å². The zero-order chi connectivity index (χ0) is 19.3. The van der Waals surface area contributed by atoms with E-state index in [1.165, 1.54) is 29.8 Å². The summed E-state index contributed by atoms with van der Waals surface area (Å²) in [6, 6.07) is 13.2. The van der Waals surface area contributed by atoms with E-state index in [9.17, 15) is 13.2 Å². The van der Waals surface area contributed by atoms with E-state index in [1.54, 1.807) is 0 Å². The lowest BCUT2D eigenvalue weighted by Crippen LogP contribution is -2.35. The van der Waals surface area contributed by atoms with Crippen LogP contribution >= 0.6 is 24.0 Å². The molecule has 27 heavy (non-hydrogen) atoms. The first-order valence-corrected chi connectivity index (χ1v) is 10.3. The predicted octanol–water partition coefficient (Wildman–Crippen LogP) is 3.48. The second kappa shape index (κ2) is 10.1. The lowest BCUT2D eigenvalue weighted by molar-refractivity contribution is -0.118. The molecule has 2 rings (SSSR count). The molecule has 148 valence electrons. The molecule has 0 heterocycles. The molecule has 5 nitrogen and oxygen atoms in total. The molecule has 0 aliphatic heterocycles. The number of halogens is 2. The zero-order valence-corrected chi connectivity index (χ0v) is 17.6. The smallest absolute Gasteiger partial charge is 0.235 e. The van der Waals surface area contributed by atoms with Gasteiger partial charge in [0.1, 0.15) is 5.75 Å². The van der Waals surface area contributed by atoms with Crippen LogP contribution in [0.3, 0.4) is 0 Å². The highest BCUT2D eigenvalue weighted by Crippen LogP contribution is 2.18. The predicted molar refractivity (Wildman–Crippen MR) is 111 cm³/mol. The summed E-state index contributed by atoms with van der Waals surface area (Å²) in [4.78, 5) is 12.1. The summed E-state index contributed by atoms with van der Waals surface area (Å²) in [6.45, 7) is 4.38. The highest BCUT2D eigenvalue weighted by Gasteiger charge is 2.19. The molecular weight excluding hydrogens is 407 g/mol. The van der Waals surface area contributed by atoms with Crippen molar-refractivity contribution in [3.63, 3.8) is 0 Å². The molecule has 1 amide bonds. The second-order valence-electron chi connectivity index (χ2n) is 6.44. The average molecular weight is 431 g/mol. The van der Waals surface area contributed by atoms with E-state index < -0.39 is 27.5 Å². The SMILES string of the molecule is CC(C)c1ccc(C(N)CNC(=O)CS(=O)(=O)c2ccc(Cl)cc2)cc1.Cl. The van der Waals surface area contributed by atoms with E-state index in [0.29, 0.717) is 10.9 Å². The first kappa shape index (κ1) is 23.4. The van der Waals surface area contributed by atoms with E-state index in [2.05, 4.69) is 19.2 Å². The molecule has 2 aromatic rings. The van der Waals surface area contributed by atoms with Gasteiger partial charge in [-0.1, -0.05) is 49.7 Å². The Labute approximate surface area is 171 Å². The summed E-state index contributed by atoms with van der Waals surface area (Å²) >= 11 is 5.75. The molecule has 3 N–H and O–H groups in total. The maximum atomic E-state index is 12.2. The van der Waals surface area contributed by atoms with Crippen LogP contribution in [0.1, 0.15) is 36.9 Å². The largest absolute Gasteiger partial charge is 0.353 e. The number of carbonyl (C=O) groups excluding carboxylic acids is 1. The molecule has 1 unspecified atom stereocenters. The molecule has 0 fully saturated rings. The minimum atomic E-state index is -3.72. The minimum Gasteiger partial charge on any atom is -0.353 e. The van der Waals surface area contributed by atoms with Crippen molar-refractivity contribution >= 4 is 39.8 Å². The van der Waals surface area contributed by atoms with Crippen LogP contribution in [0.15, 0.2) is 53.4 Å². The summed E-state index contributed by atoms with van der Waals surface area (Å²) in [5.74, 6) is -0.791. The molecule has 0 bridgehead atoms. The average Bonchev–Trinajstić information content (AvgIpc) is 2.59. The summed E-state index contributed by atoms with van der Waals surface area (Å²) < 4.78 is 24.5. The first-order valence-electron chi connectivity index (χ1n) is 8.29. The molecule has 8 heteroatoms. The highest BCUT2D eigenvalue weighted by molar-refractivity contribution is 7.92. The lowest BCUT2D eigenvalue weighted by atomic mass is 9.99. The Morgan fingerprint density at radius 2 is 1.56 bits per heavy atom. The van der Waals surface area contributed by atoms with Crippen LogP contribution in [0.2, 0.25) is 5.02 Å². The lowest BCUT2D eigenvalue weighted by Gasteiger charge is -2.15. The third-order valence-electron chi connectivity index (χ3n) is 4.04. The molecule has 0 aromatic heterocycles. The van der Waals surface area contributed by atoms with Gasteiger partial charge in [0.25, 0.3) is 0 Å². The van der Waals surface area contributed by atoms with Crippen molar-refractivity contribution in [2.75, 3.05) is 12.3 Å². The Hall–Kier alpha value is -1.60. The number of nitrogens with one attached hydrogen (secondary N) is 1. The molecule has 0 saturated heterocycles. The number of amides is 1. The Bertz CT molecular complexity index is 852. The standard InChI is InChI=1S/C19H23ClN2O3S.ClH/c1-13(2)14-3-5-15(6-4-14)18(21)11-22-19(23)12-26(24,25)17-9-7-16(20)8-10-17;/h3-10,13,18H,11-12,21H2,1-2H3,(H,22,23);1H. The van der Waals surface area contributed by atoms with Crippen molar-refractivity contribution < 1.29 is 13.2 Å². The number of rotatable bonds is 7. The molecule has 0 saturated carbocycles. The number of carbonyl (C=O) groups is 1. The Kier molecular flexibility index (Phi) is 8.75. The van der Waals surface area contributed by atoms with Crippen LogP contribution < -0.4 is 11.1 Å². The van der Waals surface area contributed by atoms with Crippen molar-refractivity contribution in [2.45, 2.75) is 30.7 Å². The maximum absolute atomic E-state index is 12.2. The van der Waals surface area contributed by atoms with E-state index >= 15 is 0 Å². The quantitative estimate of drug-likeness (QED) is 0.703. The van der Waals surface area contributed by atoms with E-state index in [0.717, 1.165) is 5.56 Å². The van der Waals surface area contributed by atoms with Gasteiger partial charge in [0.15, 0.2) is 9.84 Å². The fraction of sp³-hybridized carbons (Fsp3) is 0.316. The number of hydrogen-bond donors (Lipinski definition) is 2. The van der Waals surface area contributed by atoms with Gasteiger partial charge >= 0.3 is 0 Å². The topological polar surface area (TPSA) is 89.3 Å². The van der Waals surface area contributed by atoms with Gasteiger partial charge in [0.2, 0.25) is 5.91 Å². The van der Waals surface area contributed by atoms with Gasteiger partial charge in [-0.2, -0.15) is 0 Å². The minimum absolute atomic E-state index is 0. The molecule has 0 radical (unpaired) electrons. The fourth-order valence-electron chi connectivity index (χ4n) is 2.42. The summed E-state index contributed by atoms with van der Waals surface area (Å²) in [6.07, 6.45) is 0. The van der Waals surface area contributed by atoms with Crippen molar-refractivity contribution in [1.29, 1.82) is 0 Å². The molecule has 0 spiro atoms. The van der Waals surface area contributed by atoms with Crippen LogP contribution in [-0.4, -0.2) is 26.6 Å². The Morgan fingerprint density at radius 3 is 2.07 bits per heavy atom.